The lowest BCUT2D eigenvalue weighted by Gasteiger charge is -2.34. The molecule has 0 unspecified atom stereocenters. The molecule has 0 aliphatic carbocycles. The number of primary amides is 1. The average Bonchev–Trinajstić information content (AvgIpc) is 3.18. The first-order chi connectivity index (χ1) is 13.4. The molecule has 1 heterocycles. The molecule has 144 valence electrons. The molecule has 8 heteroatoms. The second-order valence-electron chi connectivity index (χ2n) is 6.18. The Balaban J connectivity index is 2.13. The van der Waals surface area contributed by atoms with Gasteiger partial charge in [-0.3, -0.25) is 9.59 Å². The van der Waals surface area contributed by atoms with Crippen LogP contribution in [0.5, 0.6) is 0 Å². The molecule has 28 heavy (non-hydrogen) atoms. The van der Waals surface area contributed by atoms with Crippen molar-refractivity contribution < 1.29 is 22.8 Å². The van der Waals surface area contributed by atoms with Crippen molar-refractivity contribution in [1.29, 1.82) is 0 Å². The Morgan fingerprint density at radius 2 is 1.75 bits per heavy atom. The average molecular weight is 385 g/mol. The standard InChI is InChI=1S/C20H17F2N3O3/c1-12(14-7-15(21)9-16(22)8-14)25(20(27)13-5-3-2-4-6-13)18(19(23)26)17-10-28-11-24-17/h2-12,18H,1H3,(H2,23,26)/t12-,18-/m1/s1. The molecular weight excluding hydrogens is 368 g/mol. The summed E-state index contributed by atoms with van der Waals surface area (Å²) in [6.07, 6.45) is 2.29. The van der Waals surface area contributed by atoms with Crippen molar-refractivity contribution in [2.75, 3.05) is 0 Å². The van der Waals surface area contributed by atoms with Gasteiger partial charge in [-0.15, -0.1) is 0 Å². The zero-order valence-corrected chi connectivity index (χ0v) is 14.9. The van der Waals surface area contributed by atoms with Crippen molar-refractivity contribution in [2.24, 2.45) is 5.73 Å². The number of rotatable bonds is 6. The third-order valence-electron chi connectivity index (χ3n) is 4.32. The minimum Gasteiger partial charge on any atom is -0.451 e. The zero-order valence-electron chi connectivity index (χ0n) is 14.9. The largest absolute Gasteiger partial charge is 0.451 e. The van der Waals surface area contributed by atoms with E-state index in [4.69, 9.17) is 10.2 Å². The number of carbonyl (C=O) groups excluding carboxylic acids is 2. The van der Waals surface area contributed by atoms with Crippen LogP contribution in [0.3, 0.4) is 0 Å². The first-order valence-corrected chi connectivity index (χ1v) is 8.39. The molecule has 0 saturated carbocycles. The summed E-state index contributed by atoms with van der Waals surface area (Å²) in [7, 11) is 0. The molecule has 3 aromatic rings. The number of oxazole rings is 1. The number of aromatic nitrogens is 1. The Bertz CT molecular complexity index is 957. The van der Waals surface area contributed by atoms with E-state index in [1.807, 2.05) is 0 Å². The highest BCUT2D eigenvalue weighted by Crippen LogP contribution is 2.32. The maximum absolute atomic E-state index is 13.7. The first kappa shape index (κ1) is 19.2. The molecule has 0 fully saturated rings. The number of nitrogens with zero attached hydrogens (tertiary/aromatic N) is 2. The van der Waals surface area contributed by atoms with E-state index in [2.05, 4.69) is 4.98 Å². The predicted octanol–water partition coefficient (Wildman–Crippen LogP) is 3.38. The van der Waals surface area contributed by atoms with Gasteiger partial charge < -0.3 is 15.1 Å². The number of hydrogen-bond donors (Lipinski definition) is 1. The van der Waals surface area contributed by atoms with Gasteiger partial charge in [0.15, 0.2) is 12.4 Å². The predicted molar refractivity (Wildman–Crippen MR) is 95.8 cm³/mol. The SMILES string of the molecule is C[C@H](c1cc(F)cc(F)c1)N(C(=O)c1ccccc1)[C@@H](C(N)=O)c1cocn1. The second-order valence-corrected chi connectivity index (χ2v) is 6.18. The van der Waals surface area contributed by atoms with Crippen LogP contribution in [0.1, 0.15) is 40.6 Å². The normalized spacial score (nSPS) is 13.0. The lowest BCUT2D eigenvalue weighted by molar-refractivity contribution is -0.123. The van der Waals surface area contributed by atoms with Crippen LogP contribution in [0.15, 0.2) is 65.6 Å². The molecule has 2 amide bonds. The Morgan fingerprint density at radius 1 is 1.11 bits per heavy atom. The van der Waals surface area contributed by atoms with Gasteiger partial charge in [0.2, 0.25) is 5.91 Å². The summed E-state index contributed by atoms with van der Waals surface area (Å²) in [6, 6.07) is 8.91. The summed E-state index contributed by atoms with van der Waals surface area (Å²) >= 11 is 0. The van der Waals surface area contributed by atoms with Gasteiger partial charge in [0, 0.05) is 11.6 Å². The maximum atomic E-state index is 13.7. The monoisotopic (exact) mass is 385 g/mol. The van der Waals surface area contributed by atoms with E-state index in [0.717, 1.165) is 29.5 Å². The fraction of sp³-hybridized carbons (Fsp3) is 0.150. The van der Waals surface area contributed by atoms with E-state index in [0.29, 0.717) is 0 Å². The molecule has 0 saturated heterocycles. The van der Waals surface area contributed by atoms with Crippen LogP contribution in [0.25, 0.3) is 0 Å². The Hall–Kier alpha value is -3.55. The van der Waals surface area contributed by atoms with Gasteiger partial charge in [0.25, 0.3) is 5.91 Å². The molecule has 1 aromatic heterocycles. The molecule has 3 rings (SSSR count). The van der Waals surface area contributed by atoms with E-state index in [9.17, 15) is 18.4 Å². The zero-order chi connectivity index (χ0) is 20.3. The number of benzene rings is 2. The van der Waals surface area contributed by atoms with Gasteiger partial charge in [0.1, 0.15) is 23.6 Å². The highest BCUT2D eigenvalue weighted by Gasteiger charge is 2.36. The summed E-state index contributed by atoms with van der Waals surface area (Å²) < 4.78 is 32.4. The van der Waals surface area contributed by atoms with E-state index in [1.54, 1.807) is 37.3 Å². The molecule has 0 spiro atoms. The molecule has 0 radical (unpaired) electrons. The highest BCUT2D eigenvalue weighted by molar-refractivity contribution is 5.97. The van der Waals surface area contributed by atoms with Gasteiger partial charge in [-0.2, -0.15) is 0 Å². The quantitative estimate of drug-likeness (QED) is 0.704. The van der Waals surface area contributed by atoms with Crippen molar-refractivity contribution in [1.82, 2.24) is 9.88 Å². The Morgan fingerprint density at radius 3 is 2.29 bits per heavy atom. The van der Waals surface area contributed by atoms with Crippen LogP contribution in [-0.4, -0.2) is 21.7 Å². The van der Waals surface area contributed by atoms with Crippen molar-refractivity contribution in [2.45, 2.75) is 19.0 Å². The molecule has 6 nitrogen and oxygen atoms in total. The summed E-state index contributed by atoms with van der Waals surface area (Å²) in [4.78, 5) is 30.6. The highest BCUT2D eigenvalue weighted by atomic mass is 19.1. The van der Waals surface area contributed by atoms with E-state index in [-0.39, 0.29) is 16.8 Å². The van der Waals surface area contributed by atoms with Crippen LogP contribution in [0.2, 0.25) is 0 Å². The summed E-state index contributed by atoms with van der Waals surface area (Å²) in [5.41, 5.74) is 6.11. The van der Waals surface area contributed by atoms with E-state index in [1.165, 1.54) is 6.26 Å². The second kappa shape index (κ2) is 7.99. The van der Waals surface area contributed by atoms with Crippen molar-refractivity contribution >= 4 is 11.8 Å². The van der Waals surface area contributed by atoms with Gasteiger partial charge >= 0.3 is 0 Å². The fourth-order valence-electron chi connectivity index (χ4n) is 3.01. The third kappa shape index (κ3) is 3.90. The lowest BCUT2D eigenvalue weighted by atomic mass is 10.0. The van der Waals surface area contributed by atoms with Gasteiger partial charge in [0.05, 0.1) is 6.04 Å². The van der Waals surface area contributed by atoms with Crippen LogP contribution in [-0.2, 0) is 4.79 Å². The molecular formula is C20H17F2N3O3. The van der Waals surface area contributed by atoms with Crippen molar-refractivity contribution in [3.63, 3.8) is 0 Å². The number of carbonyl (C=O) groups is 2. The molecule has 2 atom stereocenters. The molecule has 2 N–H and O–H groups in total. The van der Waals surface area contributed by atoms with Crippen LogP contribution in [0.4, 0.5) is 8.78 Å². The Labute approximate surface area is 159 Å². The van der Waals surface area contributed by atoms with E-state index >= 15 is 0 Å². The molecule has 0 aliphatic rings. The number of nitrogens with two attached hydrogens (primary N) is 1. The van der Waals surface area contributed by atoms with E-state index < -0.39 is 35.5 Å². The van der Waals surface area contributed by atoms with Crippen molar-refractivity contribution in [3.05, 3.63) is 89.6 Å². The molecule has 0 aliphatic heterocycles. The number of halogens is 2. The van der Waals surface area contributed by atoms with Crippen LogP contribution >= 0.6 is 0 Å². The molecule has 2 aromatic carbocycles. The van der Waals surface area contributed by atoms with Crippen molar-refractivity contribution in [3.8, 4) is 0 Å². The minimum atomic E-state index is -1.30. The Kier molecular flexibility index (Phi) is 5.49. The van der Waals surface area contributed by atoms with Gasteiger partial charge in [-0.1, -0.05) is 18.2 Å². The number of hydrogen-bond acceptors (Lipinski definition) is 4. The topological polar surface area (TPSA) is 89.4 Å². The summed E-state index contributed by atoms with van der Waals surface area (Å²) in [5.74, 6) is -3.01. The third-order valence-corrected chi connectivity index (χ3v) is 4.32. The minimum absolute atomic E-state index is 0.112. The summed E-state index contributed by atoms with van der Waals surface area (Å²) in [6.45, 7) is 1.55. The fourth-order valence-corrected chi connectivity index (χ4v) is 3.01. The molecule has 0 bridgehead atoms. The summed E-state index contributed by atoms with van der Waals surface area (Å²) in [5, 5.41) is 0. The van der Waals surface area contributed by atoms with Gasteiger partial charge in [-0.05, 0) is 36.8 Å². The first-order valence-electron chi connectivity index (χ1n) is 8.39. The van der Waals surface area contributed by atoms with Crippen LogP contribution < -0.4 is 5.73 Å². The number of amides is 2. The van der Waals surface area contributed by atoms with Gasteiger partial charge in [-0.25, -0.2) is 13.8 Å². The smallest absolute Gasteiger partial charge is 0.255 e. The lowest BCUT2D eigenvalue weighted by Crippen LogP contribution is -2.43. The van der Waals surface area contributed by atoms with Crippen LogP contribution in [0, 0.1) is 11.6 Å². The maximum Gasteiger partial charge on any atom is 0.255 e.